The number of carbonyl (C=O) groups is 1. The third kappa shape index (κ3) is 3.61. The first-order valence-electron chi connectivity index (χ1n) is 9.15. The zero-order chi connectivity index (χ0) is 19.2. The summed E-state index contributed by atoms with van der Waals surface area (Å²) in [6.07, 6.45) is 3.72. The molecule has 1 amide bonds. The molecule has 0 bridgehead atoms. The molecule has 142 valence electrons. The van der Waals surface area contributed by atoms with E-state index in [1.165, 1.54) is 12.1 Å². The van der Waals surface area contributed by atoms with E-state index >= 15 is 0 Å². The van der Waals surface area contributed by atoms with Gasteiger partial charge in [-0.25, -0.2) is 14.2 Å². The molecule has 0 saturated heterocycles. The van der Waals surface area contributed by atoms with Gasteiger partial charge in [-0.15, -0.1) is 0 Å². The van der Waals surface area contributed by atoms with E-state index in [0.717, 1.165) is 24.0 Å². The summed E-state index contributed by atoms with van der Waals surface area (Å²) >= 11 is 0. The molecule has 6 heteroatoms. The van der Waals surface area contributed by atoms with Gasteiger partial charge in [0.05, 0.1) is 5.54 Å². The lowest BCUT2D eigenvalue weighted by Crippen LogP contribution is -2.50. The Morgan fingerprint density at radius 2 is 1.96 bits per heavy atom. The van der Waals surface area contributed by atoms with Crippen molar-refractivity contribution in [2.45, 2.75) is 51.2 Å². The Hall–Kier alpha value is -2.63. The second-order valence-corrected chi connectivity index (χ2v) is 8.30. The van der Waals surface area contributed by atoms with Crippen LogP contribution in [0.15, 0.2) is 36.5 Å². The van der Waals surface area contributed by atoms with Crippen LogP contribution in [-0.2, 0) is 11.2 Å². The number of benzene rings is 1. The number of amides is 1. The Balaban J connectivity index is 1.66. The summed E-state index contributed by atoms with van der Waals surface area (Å²) in [6.45, 7) is 6.00. The first-order valence-corrected chi connectivity index (χ1v) is 9.15. The van der Waals surface area contributed by atoms with Crippen LogP contribution in [0.5, 0.6) is 5.88 Å². The van der Waals surface area contributed by atoms with Crippen LogP contribution in [0.4, 0.5) is 14.9 Å². The molecule has 2 aromatic rings. The molecule has 0 unspecified atom stereocenters. The lowest BCUT2D eigenvalue weighted by Gasteiger charge is -2.37. The predicted molar refractivity (Wildman–Crippen MR) is 99.6 cm³/mol. The molecular formula is C21H23FN2O3. The van der Waals surface area contributed by atoms with Crippen LogP contribution >= 0.6 is 0 Å². The number of halogens is 1. The number of ether oxygens (including phenoxy) is 2. The molecular weight excluding hydrogens is 347 g/mol. The van der Waals surface area contributed by atoms with Crippen molar-refractivity contribution in [2.24, 2.45) is 0 Å². The van der Waals surface area contributed by atoms with Crippen molar-refractivity contribution in [2.75, 3.05) is 11.5 Å². The number of nitrogens with zero attached hydrogens (tertiary/aromatic N) is 2. The molecule has 4 rings (SSSR count). The number of aromatic nitrogens is 1. The highest BCUT2D eigenvalue weighted by molar-refractivity contribution is 5.92. The highest BCUT2D eigenvalue weighted by atomic mass is 19.1. The number of pyridine rings is 1. The zero-order valence-electron chi connectivity index (χ0n) is 15.8. The van der Waals surface area contributed by atoms with Crippen molar-refractivity contribution >= 4 is 11.8 Å². The van der Waals surface area contributed by atoms with E-state index in [2.05, 4.69) is 4.98 Å². The zero-order valence-corrected chi connectivity index (χ0v) is 15.8. The average molecular weight is 370 g/mol. The third-order valence-electron chi connectivity index (χ3n) is 4.81. The number of fused-ring (bicyclic) bond motifs is 1. The van der Waals surface area contributed by atoms with Crippen molar-refractivity contribution in [1.29, 1.82) is 0 Å². The maximum atomic E-state index is 13.1. The number of anilines is 1. The quantitative estimate of drug-likeness (QED) is 0.782. The Kier molecular flexibility index (Phi) is 4.09. The van der Waals surface area contributed by atoms with E-state index in [-0.39, 0.29) is 17.4 Å². The van der Waals surface area contributed by atoms with E-state index in [1.54, 1.807) is 23.2 Å². The van der Waals surface area contributed by atoms with Gasteiger partial charge in [0.1, 0.15) is 23.7 Å². The molecule has 0 atom stereocenters. The highest BCUT2D eigenvalue weighted by Crippen LogP contribution is 2.50. The SMILES string of the molecule is CC(C)(C)OC(=O)N1c2cc(Cc3ccc(F)cc3)cnc2OCC12CC2. The molecule has 2 heterocycles. The van der Waals surface area contributed by atoms with Gasteiger partial charge in [0.25, 0.3) is 0 Å². The number of carbonyl (C=O) groups excluding carboxylic acids is 1. The van der Waals surface area contributed by atoms with Crippen LogP contribution in [0.3, 0.4) is 0 Å². The predicted octanol–water partition coefficient (Wildman–Crippen LogP) is 4.48. The van der Waals surface area contributed by atoms with Crippen molar-refractivity contribution in [3.8, 4) is 5.88 Å². The van der Waals surface area contributed by atoms with Gasteiger partial charge in [0.15, 0.2) is 0 Å². The van der Waals surface area contributed by atoms with Crippen LogP contribution in [0.25, 0.3) is 0 Å². The summed E-state index contributed by atoms with van der Waals surface area (Å²) in [5, 5.41) is 0. The molecule has 1 fully saturated rings. The minimum Gasteiger partial charge on any atom is -0.474 e. The molecule has 1 aliphatic heterocycles. The summed E-state index contributed by atoms with van der Waals surface area (Å²) in [5.41, 5.74) is 1.64. The minimum absolute atomic E-state index is 0.262. The molecule has 0 N–H and O–H groups in total. The molecule has 0 radical (unpaired) electrons. The van der Waals surface area contributed by atoms with Crippen LogP contribution in [0, 0.1) is 5.82 Å². The third-order valence-corrected chi connectivity index (χ3v) is 4.81. The monoisotopic (exact) mass is 370 g/mol. The number of rotatable bonds is 2. The van der Waals surface area contributed by atoms with Gasteiger partial charge in [0.2, 0.25) is 5.88 Å². The summed E-state index contributed by atoms with van der Waals surface area (Å²) in [7, 11) is 0. The van der Waals surface area contributed by atoms with E-state index < -0.39 is 5.60 Å². The lowest BCUT2D eigenvalue weighted by atomic mass is 10.0. The Bertz CT molecular complexity index is 870. The number of hydrogen-bond donors (Lipinski definition) is 0. The maximum Gasteiger partial charge on any atom is 0.415 e. The molecule has 1 aromatic carbocycles. The summed E-state index contributed by atoms with van der Waals surface area (Å²) in [6, 6.07) is 8.31. The van der Waals surface area contributed by atoms with Gasteiger partial charge in [-0.3, -0.25) is 4.90 Å². The van der Waals surface area contributed by atoms with Gasteiger partial charge in [-0.05, 0) is 69.4 Å². The largest absolute Gasteiger partial charge is 0.474 e. The number of hydrogen-bond acceptors (Lipinski definition) is 4. The lowest BCUT2D eigenvalue weighted by molar-refractivity contribution is 0.0533. The van der Waals surface area contributed by atoms with E-state index in [9.17, 15) is 9.18 Å². The van der Waals surface area contributed by atoms with Gasteiger partial charge in [0, 0.05) is 6.20 Å². The first kappa shape index (κ1) is 17.8. The fourth-order valence-corrected chi connectivity index (χ4v) is 3.32. The van der Waals surface area contributed by atoms with Gasteiger partial charge >= 0.3 is 6.09 Å². The second-order valence-electron chi connectivity index (χ2n) is 8.30. The minimum atomic E-state index is -0.579. The Morgan fingerprint density at radius 1 is 1.26 bits per heavy atom. The van der Waals surface area contributed by atoms with Crippen LogP contribution in [-0.4, -0.2) is 28.8 Å². The van der Waals surface area contributed by atoms with Gasteiger partial charge < -0.3 is 9.47 Å². The molecule has 2 aliphatic rings. The van der Waals surface area contributed by atoms with Crippen molar-refractivity contribution < 1.29 is 18.7 Å². The molecule has 1 aromatic heterocycles. The second kappa shape index (κ2) is 6.22. The summed E-state index contributed by atoms with van der Waals surface area (Å²) < 4.78 is 24.6. The first-order chi connectivity index (χ1) is 12.8. The molecule has 1 saturated carbocycles. The van der Waals surface area contributed by atoms with Crippen molar-refractivity contribution in [3.05, 3.63) is 53.5 Å². The average Bonchev–Trinajstić information content (AvgIpc) is 3.35. The fraction of sp³-hybridized carbons (Fsp3) is 0.429. The van der Waals surface area contributed by atoms with E-state index in [4.69, 9.17) is 9.47 Å². The smallest absolute Gasteiger partial charge is 0.415 e. The standard InChI is InChI=1S/C21H23FN2O3/c1-20(2,3)27-19(25)24-17-11-15(10-14-4-6-16(22)7-5-14)12-23-18(17)26-13-21(24)8-9-21/h4-7,11-12H,8-10,13H2,1-3H3. The van der Waals surface area contributed by atoms with Crippen LogP contribution < -0.4 is 9.64 Å². The Labute approximate surface area is 158 Å². The normalized spacial score (nSPS) is 17.3. The van der Waals surface area contributed by atoms with E-state index in [0.29, 0.717) is 24.6 Å². The highest BCUT2D eigenvalue weighted by Gasteiger charge is 2.56. The fourth-order valence-electron chi connectivity index (χ4n) is 3.32. The Morgan fingerprint density at radius 3 is 2.59 bits per heavy atom. The molecule has 1 spiro atoms. The molecule has 5 nitrogen and oxygen atoms in total. The molecule has 1 aliphatic carbocycles. The van der Waals surface area contributed by atoms with Gasteiger partial charge in [-0.2, -0.15) is 0 Å². The maximum absolute atomic E-state index is 13.1. The molecule has 27 heavy (non-hydrogen) atoms. The van der Waals surface area contributed by atoms with Crippen LogP contribution in [0.1, 0.15) is 44.7 Å². The van der Waals surface area contributed by atoms with Crippen LogP contribution in [0.2, 0.25) is 0 Å². The topological polar surface area (TPSA) is 51.7 Å². The summed E-state index contributed by atoms with van der Waals surface area (Å²) in [5.74, 6) is 0.184. The van der Waals surface area contributed by atoms with Crippen molar-refractivity contribution in [1.82, 2.24) is 4.98 Å². The van der Waals surface area contributed by atoms with Crippen molar-refractivity contribution in [3.63, 3.8) is 0 Å². The van der Waals surface area contributed by atoms with Gasteiger partial charge in [-0.1, -0.05) is 12.1 Å². The van der Waals surface area contributed by atoms with E-state index in [1.807, 2.05) is 26.8 Å². The summed E-state index contributed by atoms with van der Waals surface area (Å²) in [4.78, 5) is 19.0.